The fourth-order valence-corrected chi connectivity index (χ4v) is 2.28. The number of thiol groups is 1. The van der Waals surface area contributed by atoms with Crippen molar-refractivity contribution in [2.45, 2.75) is 10.1 Å². The highest BCUT2D eigenvalue weighted by molar-refractivity contribution is 7.86. The predicted molar refractivity (Wildman–Crippen MR) is 56.1 cm³/mol. The molecule has 0 aliphatic heterocycles. The maximum absolute atomic E-state index is 11.0. The summed E-state index contributed by atoms with van der Waals surface area (Å²) in [6, 6.07) is 2.49. The highest BCUT2D eigenvalue weighted by atomic mass is 35.5. The Hall–Kier alpha value is -0.760. The van der Waals surface area contributed by atoms with E-state index in [0.29, 0.717) is 0 Å². The van der Waals surface area contributed by atoms with Gasteiger partial charge in [-0.1, -0.05) is 24.2 Å². The summed E-state index contributed by atoms with van der Waals surface area (Å²) in [4.78, 5) is 3.37. The average Bonchev–Trinajstić information content (AvgIpc) is 2.41. The molecule has 1 aromatic carbocycles. The van der Waals surface area contributed by atoms with Crippen molar-refractivity contribution in [3.8, 4) is 0 Å². The average molecular weight is 266 g/mol. The number of nitrogens with zero attached hydrogens (tertiary/aromatic N) is 1. The molecule has 0 amide bonds. The molecule has 5 nitrogen and oxygen atoms in total. The lowest BCUT2D eigenvalue weighted by atomic mass is 10.3. The zero-order chi connectivity index (χ0) is 11.2. The second kappa shape index (κ2) is 3.38. The molecule has 2 rings (SSSR count). The molecule has 0 aliphatic rings. The van der Waals surface area contributed by atoms with E-state index < -0.39 is 15.0 Å². The number of fused-ring (bicyclic) bond motifs is 1. The quantitative estimate of drug-likeness (QED) is 0.609. The summed E-state index contributed by atoms with van der Waals surface area (Å²) in [5.41, 5.74) is 0.159. The summed E-state index contributed by atoms with van der Waals surface area (Å²) in [5, 5.41) is 0.133. The normalized spacial score (nSPS) is 12.2. The van der Waals surface area contributed by atoms with Gasteiger partial charge in [0.05, 0.1) is 0 Å². The molecule has 0 fully saturated rings. The smallest absolute Gasteiger partial charge is 0.298 e. The Labute approximate surface area is 95.2 Å². The van der Waals surface area contributed by atoms with Crippen molar-refractivity contribution >= 4 is 45.4 Å². The predicted octanol–water partition coefficient (Wildman–Crippen LogP) is 2.02. The lowest BCUT2D eigenvalue weighted by Gasteiger charge is -1.97. The zero-order valence-electron chi connectivity index (χ0n) is 7.01. The Morgan fingerprint density at radius 1 is 1.47 bits per heavy atom. The molecule has 1 aromatic heterocycles. The minimum Gasteiger partial charge on any atom is -0.430 e. The van der Waals surface area contributed by atoms with Gasteiger partial charge in [0.2, 0.25) is 0 Å². The third kappa shape index (κ3) is 1.96. The van der Waals surface area contributed by atoms with Crippen LogP contribution in [-0.4, -0.2) is 18.0 Å². The molecule has 0 unspecified atom stereocenters. The summed E-state index contributed by atoms with van der Waals surface area (Å²) in [6.45, 7) is 0. The fraction of sp³-hybridized carbons (Fsp3) is 0. The molecule has 0 saturated carbocycles. The summed E-state index contributed by atoms with van der Waals surface area (Å²) in [5.74, 6) is 0. The Bertz CT molecular complexity index is 634. The fourth-order valence-electron chi connectivity index (χ4n) is 1.15. The van der Waals surface area contributed by atoms with Crippen molar-refractivity contribution in [1.82, 2.24) is 4.98 Å². The van der Waals surface area contributed by atoms with E-state index in [4.69, 9.17) is 20.6 Å². The summed E-state index contributed by atoms with van der Waals surface area (Å²) >= 11 is 9.48. The van der Waals surface area contributed by atoms with E-state index in [-0.39, 0.29) is 21.3 Å². The van der Waals surface area contributed by atoms with Crippen LogP contribution in [0, 0.1) is 0 Å². The topological polar surface area (TPSA) is 80.4 Å². The lowest BCUT2D eigenvalue weighted by Crippen LogP contribution is -1.98. The molecule has 2 aromatic rings. The standard InChI is InChI=1S/C7H4ClNO4S2/c8-3-1-4-6(13-7(14)9-4)5(2-3)15(10,11)12/h1-2H,(H,9,14)(H,10,11,12). The van der Waals surface area contributed by atoms with Gasteiger partial charge in [-0.15, -0.1) is 0 Å². The van der Waals surface area contributed by atoms with Gasteiger partial charge in [-0.05, 0) is 12.1 Å². The molecular formula is C7H4ClNO4S2. The highest BCUT2D eigenvalue weighted by Gasteiger charge is 2.19. The number of rotatable bonds is 1. The van der Waals surface area contributed by atoms with E-state index >= 15 is 0 Å². The van der Waals surface area contributed by atoms with Crippen LogP contribution >= 0.6 is 24.2 Å². The van der Waals surface area contributed by atoms with E-state index in [1.54, 1.807) is 0 Å². The largest absolute Gasteiger partial charge is 0.430 e. The van der Waals surface area contributed by atoms with Crippen molar-refractivity contribution in [2.75, 3.05) is 0 Å². The van der Waals surface area contributed by atoms with Gasteiger partial charge < -0.3 is 4.42 Å². The van der Waals surface area contributed by atoms with Crippen LogP contribution in [-0.2, 0) is 10.1 Å². The number of aromatic nitrogens is 1. The van der Waals surface area contributed by atoms with Gasteiger partial charge in [-0.3, -0.25) is 4.55 Å². The minimum absolute atomic E-state index is 0.00262. The first-order valence-corrected chi connectivity index (χ1v) is 5.91. The second-order valence-electron chi connectivity index (χ2n) is 2.72. The zero-order valence-corrected chi connectivity index (χ0v) is 9.47. The van der Waals surface area contributed by atoms with Crippen LogP contribution in [0.5, 0.6) is 0 Å². The summed E-state index contributed by atoms with van der Waals surface area (Å²) in [7, 11) is -4.39. The molecule has 0 spiro atoms. The van der Waals surface area contributed by atoms with Crippen LogP contribution in [0.15, 0.2) is 26.7 Å². The molecule has 0 aliphatic carbocycles. The molecule has 0 saturated heterocycles. The van der Waals surface area contributed by atoms with Gasteiger partial charge in [0, 0.05) is 5.02 Å². The maximum Gasteiger partial charge on any atom is 0.298 e. The number of halogens is 1. The van der Waals surface area contributed by atoms with Gasteiger partial charge in [-0.2, -0.15) is 8.42 Å². The van der Waals surface area contributed by atoms with Gasteiger partial charge in [0.1, 0.15) is 10.4 Å². The SMILES string of the molecule is O=S(=O)(O)c1cc(Cl)cc2nc(S)oc12. The number of hydrogen-bond acceptors (Lipinski definition) is 5. The monoisotopic (exact) mass is 265 g/mol. The molecule has 8 heteroatoms. The molecule has 1 N–H and O–H groups in total. The molecule has 0 atom stereocenters. The van der Waals surface area contributed by atoms with E-state index in [1.807, 2.05) is 0 Å². The van der Waals surface area contributed by atoms with Crippen molar-refractivity contribution in [3.05, 3.63) is 17.2 Å². The van der Waals surface area contributed by atoms with Crippen molar-refractivity contribution in [1.29, 1.82) is 0 Å². The van der Waals surface area contributed by atoms with Gasteiger partial charge in [0.25, 0.3) is 15.3 Å². The minimum atomic E-state index is -4.39. The van der Waals surface area contributed by atoms with Crippen LogP contribution in [0.2, 0.25) is 5.02 Å². The lowest BCUT2D eigenvalue weighted by molar-refractivity contribution is 0.469. The Balaban J connectivity index is 2.94. The van der Waals surface area contributed by atoms with E-state index in [2.05, 4.69) is 17.6 Å². The molecule has 0 radical (unpaired) electrons. The molecule has 80 valence electrons. The van der Waals surface area contributed by atoms with Gasteiger partial charge >= 0.3 is 0 Å². The van der Waals surface area contributed by atoms with Crippen molar-refractivity contribution in [2.24, 2.45) is 0 Å². The molecular weight excluding hydrogens is 262 g/mol. The van der Waals surface area contributed by atoms with Crippen molar-refractivity contribution < 1.29 is 17.4 Å². The molecule has 0 bridgehead atoms. The highest BCUT2D eigenvalue weighted by Crippen LogP contribution is 2.28. The Kier molecular flexibility index (Phi) is 2.42. The number of oxazole rings is 1. The summed E-state index contributed by atoms with van der Waals surface area (Å²) in [6.07, 6.45) is 0. The first-order chi connectivity index (χ1) is 6.88. The van der Waals surface area contributed by atoms with E-state index in [0.717, 1.165) is 6.07 Å². The van der Waals surface area contributed by atoms with Gasteiger partial charge in [0.15, 0.2) is 5.58 Å². The van der Waals surface area contributed by atoms with Crippen LogP contribution in [0.25, 0.3) is 11.1 Å². The van der Waals surface area contributed by atoms with Crippen LogP contribution < -0.4 is 0 Å². The summed E-state index contributed by atoms with van der Waals surface area (Å²) < 4.78 is 35.8. The van der Waals surface area contributed by atoms with Gasteiger partial charge in [-0.25, -0.2) is 4.98 Å². The number of hydrogen-bond donors (Lipinski definition) is 2. The maximum atomic E-state index is 11.0. The van der Waals surface area contributed by atoms with E-state index in [9.17, 15) is 8.42 Å². The third-order valence-corrected chi connectivity index (χ3v) is 2.96. The van der Waals surface area contributed by atoms with Crippen LogP contribution in [0.3, 0.4) is 0 Å². The van der Waals surface area contributed by atoms with E-state index in [1.165, 1.54) is 6.07 Å². The van der Waals surface area contributed by atoms with Crippen LogP contribution in [0.4, 0.5) is 0 Å². The number of benzene rings is 1. The van der Waals surface area contributed by atoms with Crippen molar-refractivity contribution in [3.63, 3.8) is 0 Å². The Morgan fingerprint density at radius 2 is 2.13 bits per heavy atom. The first-order valence-electron chi connectivity index (χ1n) is 3.64. The first kappa shape index (κ1) is 10.7. The molecule has 1 heterocycles. The Morgan fingerprint density at radius 3 is 2.73 bits per heavy atom. The van der Waals surface area contributed by atoms with Crippen LogP contribution in [0.1, 0.15) is 0 Å². The third-order valence-electron chi connectivity index (χ3n) is 1.69. The second-order valence-corrected chi connectivity index (χ2v) is 4.93. The molecule has 15 heavy (non-hydrogen) atoms.